The number of nitrogens with zero attached hydrogens (tertiary/aromatic N) is 1. The smallest absolute Gasteiger partial charge is 0.548 e. The molecule has 1 atom stereocenters. The number of hydrogen-bond donors (Lipinski definition) is 1. The van der Waals surface area contributed by atoms with E-state index >= 15 is 0 Å². The summed E-state index contributed by atoms with van der Waals surface area (Å²) in [7, 11) is 0. The van der Waals surface area contributed by atoms with E-state index in [4.69, 9.17) is 0 Å². The van der Waals surface area contributed by atoms with Gasteiger partial charge in [-0.1, -0.05) is 6.92 Å². The molecular weight excluding hydrogens is 219 g/mol. The second-order valence-corrected chi connectivity index (χ2v) is 3.00. The number of amides is 1. The quantitative estimate of drug-likeness (QED) is 0.541. The molecule has 0 fully saturated rings. The maximum absolute atomic E-state index is 11.5. The molecule has 0 aliphatic rings. The number of pyridine rings is 1. The Labute approximate surface area is 116 Å². The van der Waals surface area contributed by atoms with Crippen LogP contribution in [0.2, 0.25) is 0 Å². The van der Waals surface area contributed by atoms with Crippen LogP contribution in [-0.4, -0.2) is 22.9 Å². The van der Waals surface area contributed by atoms with Crippen molar-refractivity contribution in [3.8, 4) is 0 Å². The molecule has 1 unspecified atom stereocenters. The van der Waals surface area contributed by atoms with Gasteiger partial charge in [-0.25, -0.2) is 0 Å². The number of aromatic nitrogens is 1. The Balaban J connectivity index is 0.00000225. The normalized spacial score (nSPS) is 11.1. The molecule has 16 heavy (non-hydrogen) atoms. The third-order valence-corrected chi connectivity index (χ3v) is 1.92. The number of carboxylic acids is 1. The Morgan fingerprint density at radius 1 is 1.56 bits per heavy atom. The number of aliphatic carboxylic acids is 1. The summed E-state index contributed by atoms with van der Waals surface area (Å²) in [6.07, 6.45) is 3.19. The molecule has 0 spiro atoms. The van der Waals surface area contributed by atoms with Gasteiger partial charge in [0.05, 0.1) is 17.6 Å². The molecule has 0 saturated carbocycles. The van der Waals surface area contributed by atoms with E-state index in [1.807, 2.05) is 0 Å². The fourth-order valence-electron chi connectivity index (χ4n) is 1.07. The summed E-state index contributed by atoms with van der Waals surface area (Å²) in [5.74, 6) is -1.74. The van der Waals surface area contributed by atoms with Crippen LogP contribution < -0.4 is 40.0 Å². The monoisotopic (exact) mass is 230 g/mol. The molecule has 1 aromatic rings. The Bertz CT molecular complexity index is 356. The number of hydrogen-bond acceptors (Lipinski definition) is 4. The van der Waals surface area contributed by atoms with Crippen LogP contribution in [0.1, 0.15) is 23.7 Å². The van der Waals surface area contributed by atoms with Gasteiger partial charge in [-0.2, -0.15) is 0 Å². The number of carbonyl (C=O) groups is 2. The predicted molar refractivity (Wildman–Crippen MR) is 50.8 cm³/mol. The van der Waals surface area contributed by atoms with Crippen LogP contribution in [0.4, 0.5) is 0 Å². The average Bonchev–Trinajstić information content (AvgIpc) is 2.26. The van der Waals surface area contributed by atoms with Crippen molar-refractivity contribution in [1.82, 2.24) is 10.3 Å². The van der Waals surface area contributed by atoms with Gasteiger partial charge in [-0.05, 0) is 18.6 Å². The molecule has 5 nitrogen and oxygen atoms in total. The van der Waals surface area contributed by atoms with Gasteiger partial charge < -0.3 is 15.2 Å². The van der Waals surface area contributed by atoms with E-state index in [1.165, 1.54) is 12.4 Å². The first kappa shape index (κ1) is 15.1. The van der Waals surface area contributed by atoms with Crippen LogP contribution in [0, 0.1) is 0 Å². The first-order chi connectivity index (χ1) is 7.15. The second-order valence-electron chi connectivity index (χ2n) is 3.00. The summed E-state index contributed by atoms with van der Waals surface area (Å²) >= 11 is 0. The summed E-state index contributed by atoms with van der Waals surface area (Å²) < 4.78 is 0. The van der Waals surface area contributed by atoms with Gasteiger partial charge in [0.1, 0.15) is 0 Å². The topological polar surface area (TPSA) is 82.1 Å². The number of carbonyl (C=O) groups excluding carboxylic acids is 2. The van der Waals surface area contributed by atoms with Crippen molar-refractivity contribution < 1.29 is 44.3 Å². The maximum atomic E-state index is 11.5. The molecule has 0 saturated heterocycles. The summed E-state index contributed by atoms with van der Waals surface area (Å²) in [5, 5.41) is 12.9. The number of rotatable bonds is 4. The fourth-order valence-corrected chi connectivity index (χ4v) is 1.07. The molecule has 80 valence electrons. The van der Waals surface area contributed by atoms with E-state index in [0.717, 1.165) is 0 Å². The van der Waals surface area contributed by atoms with Gasteiger partial charge in [0.15, 0.2) is 0 Å². The van der Waals surface area contributed by atoms with Crippen LogP contribution >= 0.6 is 0 Å². The van der Waals surface area contributed by atoms with Crippen molar-refractivity contribution in [2.24, 2.45) is 0 Å². The fraction of sp³-hybridized carbons (Fsp3) is 0.300. The molecule has 1 aromatic heterocycles. The Morgan fingerprint density at radius 3 is 2.69 bits per heavy atom. The van der Waals surface area contributed by atoms with E-state index in [1.54, 1.807) is 19.1 Å². The van der Waals surface area contributed by atoms with Gasteiger partial charge in [0.25, 0.3) is 5.91 Å². The van der Waals surface area contributed by atoms with Gasteiger partial charge in [-0.15, -0.1) is 0 Å². The Morgan fingerprint density at radius 2 is 2.25 bits per heavy atom. The van der Waals surface area contributed by atoms with Crippen molar-refractivity contribution in [2.75, 3.05) is 0 Å². The third kappa shape index (κ3) is 4.30. The summed E-state index contributed by atoms with van der Waals surface area (Å²) in [5.41, 5.74) is 0.331. The van der Waals surface area contributed by atoms with Crippen molar-refractivity contribution in [2.45, 2.75) is 19.4 Å². The molecule has 0 radical (unpaired) electrons. The van der Waals surface area contributed by atoms with Crippen LogP contribution in [-0.2, 0) is 4.79 Å². The van der Waals surface area contributed by atoms with E-state index in [0.29, 0.717) is 5.56 Å². The van der Waals surface area contributed by atoms with Gasteiger partial charge >= 0.3 is 29.6 Å². The zero-order chi connectivity index (χ0) is 11.3. The average molecular weight is 230 g/mol. The Kier molecular flexibility index (Phi) is 6.96. The molecular formula is C10H11N2NaO3. The molecule has 0 bridgehead atoms. The molecule has 0 aliphatic heterocycles. The van der Waals surface area contributed by atoms with Crippen molar-refractivity contribution in [3.05, 3.63) is 30.1 Å². The molecule has 0 aromatic carbocycles. The largest absolute Gasteiger partial charge is 1.00 e. The standard InChI is InChI=1S/C10H12N2O3.Na/c1-2-8(10(14)15)12-9(13)7-4-3-5-11-6-7;/h3-6,8H,2H2,1H3,(H,12,13)(H,14,15);/q;+1/p-1. The first-order valence-corrected chi connectivity index (χ1v) is 4.57. The van der Waals surface area contributed by atoms with Crippen molar-refractivity contribution >= 4 is 11.9 Å². The third-order valence-electron chi connectivity index (χ3n) is 1.92. The van der Waals surface area contributed by atoms with Crippen LogP contribution in [0.25, 0.3) is 0 Å². The summed E-state index contributed by atoms with van der Waals surface area (Å²) in [6, 6.07) is 2.21. The SMILES string of the molecule is CCC(NC(=O)c1cccnc1)C(=O)[O-].[Na+]. The first-order valence-electron chi connectivity index (χ1n) is 4.57. The van der Waals surface area contributed by atoms with E-state index in [-0.39, 0.29) is 36.0 Å². The zero-order valence-electron chi connectivity index (χ0n) is 9.27. The Hall–Kier alpha value is -0.910. The van der Waals surface area contributed by atoms with Gasteiger partial charge in [0.2, 0.25) is 0 Å². The second kappa shape index (κ2) is 7.38. The van der Waals surface area contributed by atoms with E-state index in [9.17, 15) is 14.7 Å². The minimum absolute atomic E-state index is 0. The molecule has 1 rings (SSSR count). The number of nitrogens with one attached hydrogen (secondary N) is 1. The molecule has 0 aliphatic carbocycles. The van der Waals surface area contributed by atoms with Crippen molar-refractivity contribution in [1.29, 1.82) is 0 Å². The van der Waals surface area contributed by atoms with Crippen molar-refractivity contribution in [3.63, 3.8) is 0 Å². The van der Waals surface area contributed by atoms with E-state index in [2.05, 4.69) is 10.3 Å². The van der Waals surface area contributed by atoms with Gasteiger partial charge in [-0.3, -0.25) is 9.78 Å². The summed E-state index contributed by atoms with van der Waals surface area (Å²) in [4.78, 5) is 25.8. The minimum atomic E-state index is -1.28. The molecule has 1 amide bonds. The van der Waals surface area contributed by atoms with Crippen LogP contribution in [0.3, 0.4) is 0 Å². The van der Waals surface area contributed by atoms with Crippen LogP contribution in [0.15, 0.2) is 24.5 Å². The van der Waals surface area contributed by atoms with E-state index < -0.39 is 17.9 Å². The van der Waals surface area contributed by atoms with Crippen LogP contribution in [0.5, 0.6) is 0 Å². The zero-order valence-corrected chi connectivity index (χ0v) is 11.3. The maximum Gasteiger partial charge on any atom is 1.00 e. The minimum Gasteiger partial charge on any atom is -0.548 e. The summed E-state index contributed by atoms with van der Waals surface area (Å²) in [6.45, 7) is 1.66. The molecule has 1 heterocycles. The van der Waals surface area contributed by atoms with Gasteiger partial charge in [0, 0.05) is 12.4 Å². The predicted octanol–water partition coefficient (Wildman–Crippen LogP) is -3.66. The molecule has 1 N–H and O–H groups in total. The molecule has 6 heteroatoms. The number of carboxylic acid groups (broad SMARTS) is 1.